The third kappa shape index (κ3) is 2.62. The molecule has 4 heteroatoms. The van der Waals surface area contributed by atoms with Gasteiger partial charge in [0.05, 0.1) is 0 Å². The first-order valence-electron chi connectivity index (χ1n) is 6.81. The van der Waals surface area contributed by atoms with E-state index in [4.69, 9.17) is 10.3 Å². The Kier molecular flexibility index (Phi) is 3.85. The average Bonchev–Trinajstić information content (AvgIpc) is 2.89. The standard InChI is InChI=1S/C17H17BrN2O/c1-10-6-7-13(18)9-14(10)16(20-19)15-8-12-5-3-4-11(2)17(12)21-15/h3-9,16,20H,19H2,1-2H3. The normalized spacial score (nSPS) is 12.8. The Morgan fingerprint density at radius 1 is 1.10 bits per heavy atom. The minimum absolute atomic E-state index is 0.172. The van der Waals surface area contributed by atoms with Crippen LogP contribution >= 0.6 is 15.9 Å². The molecule has 0 amide bonds. The van der Waals surface area contributed by atoms with Gasteiger partial charge >= 0.3 is 0 Å². The highest BCUT2D eigenvalue weighted by atomic mass is 79.9. The van der Waals surface area contributed by atoms with Crippen LogP contribution in [0.4, 0.5) is 0 Å². The van der Waals surface area contributed by atoms with Gasteiger partial charge in [0, 0.05) is 9.86 Å². The number of furan rings is 1. The predicted octanol–water partition coefficient (Wildman–Crippen LogP) is 4.36. The number of halogens is 1. The molecule has 3 N–H and O–H groups in total. The molecule has 108 valence electrons. The topological polar surface area (TPSA) is 51.2 Å². The smallest absolute Gasteiger partial charge is 0.137 e. The van der Waals surface area contributed by atoms with Crippen molar-refractivity contribution in [2.45, 2.75) is 19.9 Å². The maximum atomic E-state index is 6.04. The first-order valence-corrected chi connectivity index (χ1v) is 7.60. The van der Waals surface area contributed by atoms with Crippen molar-refractivity contribution in [1.82, 2.24) is 5.43 Å². The molecule has 1 unspecified atom stereocenters. The number of hydrogen-bond donors (Lipinski definition) is 2. The first-order chi connectivity index (χ1) is 10.1. The summed E-state index contributed by atoms with van der Waals surface area (Å²) in [7, 11) is 0. The summed E-state index contributed by atoms with van der Waals surface area (Å²) in [5.74, 6) is 6.61. The van der Waals surface area contributed by atoms with Crippen LogP contribution in [-0.2, 0) is 0 Å². The van der Waals surface area contributed by atoms with Gasteiger partial charge in [-0.05, 0) is 48.7 Å². The highest BCUT2D eigenvalue weighted by Crippen LogP contribution is 2.32. The van der Waals surface area contributed by atoms with Crippen molar-refractivity contribution in [3.8, 4) is 0 Å². The summed E-state index contributed by atoms with van der Waals surface area (Å²) >= 11 is 3.51. The zero-order chi connectivity index (χ0) is 15.0. The summed E-state index contributed by atoms with van der Waals surface area (Å²) in [6.07, 6.45) is 0. The first kappa shape index (κ1) is 14.3. The van der Waals surface area contributed by atoms with E-state index < -0.39 is 0 Å². The van der Waals surface area contributed by atoms with Gasteiger partial charge in [0.2, 0.25) is 0 Å². The number of nitrogens with one attached hydrogen (secondary N) is 1. The van der Waals surface area contributed by atoms with Crippen LogP contribution in [-0.4, -0.2) is 0 Å². The average molecular weight is 345 g/mol. The largest absolute Gasteiger partial charge is 0.459 e. The second-order valence-electron chi connectivity index (χ2n) is 5.24. The lowest BCUT2D eigenvalue weighted by atomic mass is 10.00. The summed E-state index contributed by atoms with van der Waals surface area (Å²) in [5.41, 5.74) is 7.18. The van der Waals surface area contributed by atoms with Crippen molar-refractivity contribution in [3.05, 3.63) is 69.4 Å². The highest BCUT2D eigenvalue weighted by Gasteiger charge is 2.19. The Hall–Kier alpha value is -1.62. The zero-order valence-corrected chi connectivity index (χ0v) is 13.6. The van der Waals surface area contributed by atoms with E-state index in [0.717, 1.165) is 32.3 Å². The van der Waals surface area contributed by atoms with E-state index >= 15 is 0 Å². The SMILES string of the molecule is Cc1ccc(Br)cc1C(NN)c1cc2cccc(C)c2o1. The monoisotopic (exact) mass is 344 g/mol. The van der Waals surface area contributed by atoms with Crippen molar-refractivity contribution >= 4 is 26.9 Å². The van der Waals surface area contributed by atoms with Crippen LogP contribution in [0.5, 0.6) is 0 Å². The maximum Gasteiger partial charge on any atom is 0.137 e. The molecule has 0 spiro atoms. The highest BCUT2D eigenvalue weighted by molar-refractivity contribution is 9.10. The fourth-order valence-corrected chi connectivity index (χ4v) is 3.00. The van der Waals surface area contributed by atoms with Gasteiger partial charge in [-0.15, -0.1) is 0 Å². The van der Waals surface area contributed by atoms with Crippen LogP contribution in [0.2, 0.25) is 0 Å². The number of fused-ring (bicyclic) bond motifs is 1. The molecule has 0 aliphatic rings. The van der Waals surface area contributed by atoms with Gasteiger partial charge in [-0.2, -0.15) is 0 Å². The van der Waals surface area contributed by atoms with E-state index in [9.17, 15) is 0 Å². The molecule has 0 radical (unpaired) electrons. The number of nitrogens with two attached hydrogens (primary N) is 1. The number of benzene rings is 2. The summed E-state index contributed by atoms with van der Waals surface area (Å²) in [5, 5.41) is 1.10. The Bertz CT molecular complexity index is 795. The predicted molar refractivity (Wildman–Crippen MR) is 89.0 cm³/mol. The second-order valence-corrected chi connectivity index (χ2v) is 6.16. The minimum atomic E-state index is -0.172. The molecule has 0 aliphatic carbocycles. The van der Waals surface area contributed by atoms with Crippen LogP contribution in [0.25, 0.3) is 11.0 Å². The Balaban J connectivity index is 2.13. The summed E-state index contributed by atoms with van der Waals surface area (Å²) in [4.78, 5) is 0. The molecule has 0 saturated carbocycles. The molecule has 3 aromatic rings. The number of hydrogen-bond acceptors (Lipinski definition) is 3. The molecular formula is C17H17BrN2O. The van der Waals surface area contributed by atoms with Crippen LogP contribution in [0.1, 0.15) is 28.5 Å². The molecule has 0 aliphatic heterocycles. The van der Waals surface area contributed by atoms with Gasteiger partial charge in [-0.1, -0.05) is 40.2 Å². The molecule has 0 fully saturated rings. The number of aryl methyl sites for hydroxylation is 2. The fraction of sp³-hybridized carbons (Fsp3) is 0.176. The number of para-hydroxylation sites is 1. The third-order valence-electron chi connectivity index (χ3n) is 3.76. The minimum Gasteiger partial charge on any atom is -0.459 e. The van der Waals surface area contributed by atoms with E-state index in [1.165, 1.54) is 5.56 Å². The van der Waals surface area contributed by atoms with Crippen LogP contribution in [0.3, 0.4) is 0 Å². The van der Waals surface area contributed by atoms with E-state index in [2.05, 4.69) is 46.5 Å². The third-order valence-corrected chi connectivity index (χ3v) is 4.26. The van der Waals surface area contributed by atoms with Gasteiger partial charge in [-0.25, -0.2) is 5.43 Å². The molecule has 1 heterocycles. The van der Waals surface area contributed by atoms with Crippen molar-refractivity contribution in [1.29, 1.82) is 0 Å². The molecule has 3 nitrogen and oxygen atoms in total. The Morgan fingerprint density at radius 3 is 2.62 bits per heavy atom. The summed E-state index contributed by atoms with van der Waals surface area (Å²) < 4.78 is 7.07. The fourth-order valence-electron chi connectivity index (χ4n) is 2.62. The van der Waals surface area contributed by atoms with E-state index in [1.807, 2.05) is 31.2 Å². The van der Waals surface area contributed by atoms with Crippen molar-refractivity contribution < 1.29 is 4.42 Å². The Morgan fingerprint density at radius 2 is 1.90 bits per heavy atom. The van der Waals surface area contributed by atoms with E-state index in [1.54, 1.807) is 0 Å². The van der Waals surface area contributed by atoms with Gasteiger partial charge in [0.15, 0.2) is 0 Å². The molecule has 2 aromatic carbocycles. The maximum absolute atomic E-state index is 6.04. The lowest BCUT2D eigenvalue weighted by Gasteiger charge is -2.16. The molecule has 0 bridgehead atoms. The molecular weight excluding hydrogens is 328 g/mol. The second kappa shape index (κ2) is 5.64. The van der Waals surface area contributed by atoms with Crippen molar-refractivity contribution in [2.75, 3.05) is 0 Å². The number of rotatable bonds is 3. The zero-order valence-electron chi connectivity index (χ0n) is 12.0. The van der Waals surface area contributed by atoms with Crippen LogP contribution in [0.15, 0.2) is 51.4 Å². The quantitative estimate of drug-likeness (QED) is 0.548. The molecule has 1 atom stereocenters. The molecule has 3 rings (SSSR count). The van der Waals surface area contributed by atoms with Gasteiger partial charge < -0.3 is 4.42 Å². The molecule has 1 aromatic heterocycles. The Labute approximate surface area is 132 Å². The molecule has 21 heavy (non-hydrogen) atoms. The van der Waals surface area contributed by atoms with Crippen LogP contribution in [0, 0.1) is 13.8 Å². The molecule has 0 saturated heterocycles. The van der Waals surface area contributed by atoms with Gasteiger partial charge in [0.25, 0.3) is 0 Å². The van der Waals surface area contributed by atoms with Gasteiger partial charge in [0.1, 0.15) is 17.4 Å². The lowest BCUT2D eigenvalue weighted by molar-refractivity contribution is 0.475. The number of hydrazine groups is 1. The van der Waals surface area contributed by atoms with E-state index in [-0.39, 0.29) is 6.04 Å². The van der Waals surface area contributed by atoms with Crippen molar-refractivity contribution in [2.24, 2.45) is 5.84 Å². The van der Waals surface area contributed by atoms with Crippen LogP contribution < -0.4 is 11.3 Å². The lowest BCUT2D eigenvalue weighted by Crippen LogP contribution is -2.29. The van der Waals surface area contributed by atoms with Gasteiger partial charge in [-0.3, -0.25) is 5.84 Å². The van der Waals surface area contributed by atoms with E-state index in [0.29, 0.717) is 0 Å². The summed E-state index contributed by atoms with van der Waals surface area (Å²) in [6, 6.07) is 14.2. The summed E-state index contributed by atoms with van der Waals surface area (Å²) in [6.45, 7) is 4.12. The van der Waals surface area contributed by atoms with Crippen molar-refractivity contribution in [3.63, 3.8) is 0 Å².